The minimum absolute atomic E-state index is 0.0384. The molecule has 0 amide bonds. The van der Waals surface area contributed by atoms with Gasteiger partial charge in [0.05, 0.1) is 13.2 Å². The molecule has 0 saturated carbocycles. The molecule has 0 aliphatic rings. The van der Waals surface area contributed by atoms with Crippen molar-refractivity contribution < 1.29 is 24.5 Å². The van der Waals surface area contributed by atoms with Gasteiger partial charge in [0.15, 0.2) is 6.29 Å². The smallest absolute Gasteiger partial charge is 0.306 e. The van der Waals surface area contributed by atoms with Crippen LogP contribution in [-0.2, 0) is 14.3 Å². The molecule has 0 aromatic carbocycles. The van der Waals surface area contributed by atoms with Crippen molar-refractivity contribution in [2.45, 2.75) is 212 Å². The summed E-state index contributed by atoms with van der Waals surface area (Å²) in [6.45, 7) is 4.27. The fourth-order valence-electron chi connectivity index (χ4n) is 5.52. The molecule has 0 rings (SSSR count). The first-order chi connectivity index (χ1) is 21.1. The molecule has 256 valence electrons. The maximum atomic E-state index is 12.1. The summed E-state index contributed by atoms with van der Waals surface area (Å²) in [6.07, 6.45) is 38.2. The SMILES string of the molecule is CCCCCC=CCCCCCCCCCCCC(O)OCC(CO)OC(=O)CCCCCCCCCCCCCCC. The molecule has 0 aromatic heterocycles. The second-order valence-corrected chi connectivity index (χ2v) is 12.8. The van der Waals surface area contributed by atoms with Gasteiger partial charge in [-0.1, -0.05) is 161 Å². The van der Waals surface area contributed by atoms with Gasteiger partial charge in [0, 0.05) is 6.42 Å². The second-order valence-electron chi connectivity index (χ2n) is 12.8. The van der Waals surface area contributed by atoms with E-state index in [1.807, 2.05) is 0 Å². The van der Waals surface area contributed by atoms with Crippen LogP contribution in [0.2, 0.25) is 0 Å². The van der Waals surface area contributed by atoms with E-state index in [0.717, 1.165) is 25.7 Å². The molecule has 0 bridgehead atoms. The lowest BCUT2D eigenvalue weighted by Gasteiger charge is -2.18. The third-order valence-corrected chi connectivity index (χ3v) is 8.42. The fourth-order valence-corrected chi connectivity index (χ4v) is 5.52. The monoisotopic (exact) mass is 611 g/mol. The first-order valence-corrected chi connectivity index (χ1v) is 18.9. The van der Waals surface area contributed by atoms with Gasteiger partial charge in [-0.05, 0) is 44.9 Å². The van der Waals surface area contributed by atoms with Gasteiger partial charge in [0.1, 0.15) is 6.10 Å². The zero-order valence-corrected chi connectivity index (χ0v) is 28.8. The number of hydrogen-bond acceptors (Lipinski definition) is 5. The van der Waals surface area contributed by atoms with E-state index in [0.29, 0.717) is 12.8 Å². The van der Waals surface area contributed by atoms with Crippen molar-refractivity contribution in [1.82, 2.24) is 0 Å². The van der Waals surface area contributed by atoms with Crippen LogP contribution < -0.4 is 0 Å². The van der Waals surface area contributed by atoms with E-state index in [2.05, 4.69) is 26.0 Å². The summed E-state index contributed by atoms with van der Waals surface area (Å²) >= 11 is 0. The van der Waals surface area contributed by atoms with E-state index in [-0.39, 0.29) is 19.2 Å². The Balaban J connectivity index is 3.52. The Kier molecular flexibility index (Phi) is 34.8. The molecule has 0 radical (unpaired) electrons. The van der Waals surface area contributed by atoms with E-state index in [4.69, 9.17) is 9.47 Å². The third kappa shape index (κ3) is 33.8. The van der Waals surface area contributed by atoms with Crippen LogP contribution in [0.15, 0.2) is 12.2 Å². The number of esters is 1. The minimum Gasteiger partial charge on any atom is -0.457 e. The van der Waals surface area contributed by atoms with E-state index >= 15 is 0 Å². The summed E-state index contributed by atoms with van der Waals surface area (Å²) < 4.78 is 10.8. The van der Waals surface area contributed by atoms with Crippen molar-refractivity contribution in [3.05, 3.63) is 12.2 Å². The zero-order chi connectivity index (χ0) is 31.5. The lowest BCUT2D eigenvalue weighted by molar-refractivity contribution is -0.167. The molecule has 0 aliphatic heterocycles. The Morgan fingerprint density at radius 2 is 0.977 bits per heavy atom. The molecule has 2 atom stereocenters. The summed E-state index contributed by atoms with van der Waals surface area (Å²) in [4.78, 5) is 12.1. The standard InChI is InChI=1S/C38H74O5/c1-3-5-7-9-11-13-15-17-18-19-21-22-24-26-28-30-32-37(40)42-35-36(34-39)43-38(41)33-31-29-27-25-23-20-16-14-12-10-8-6-4-2/h11,13,36-37,39-40H,3-10,12,14-35H2,1-2H3. The largest absolute Gasteiger partial charge is 0.457 e. The lowest BCUT2D eigenvalue weighted by atomic mass is 10.0. The van der Waals surface area contributed by atoms with Crippen LogP contribution >= 0.6 is 0 Å². The van der Waals surface area contributed by atoms with Crippen LogP contribution in [0.3, 0.4) is 0 Å². The second kappa shape index (κ2) is 35.6. The van der Waals surface area contributed by atoms with E-state index in [1.54, 1.807) is 0 Å². The Morgan fingerprint density at radius 1 is 0.581 bits per heavy atom. The van der Waals surface area contributed by atoms with Crippen LogP contribution in [0, 0.1) is 0 Å². The topological polar surface area (TPSA) is 76.0 Å². The van der Waals surface area contributed by atoms with Crippen molar-refractivity contribution in [1.29, 1.82) is 0 Å². The average molecular weight is 611 g/mol. The van der Waals surface area contributed by atoms with Gasteiger partial charge in [0.25, 0.3) is 0 Å². The number of ether oxygens (including phenoxy) is 2. The van der Waals surface area contributed by atoms with Crippen LogP contribution in [0.4, 0.5) is 0 Å². The summed E-state index contributed by atoms with van der Waals surface area (Å²) in [6, 6.07) is 0. The highest BCUT2D eigenvalue weighted by Crippen LogP contribution is 2.15. The Hall–Kier alpha value is -0.910. The van der Waals surface area contributed by atoms with Crippen LogP contribution in [0.25, 0.3) is 0 Å². The fraction of sp³-hybridized carbons (Fsp3) is 0.921. The van der Waals surface area contributed by atoms with E-state index < -0.39 is 12.4 Å². The van der Waals surface area contributed by atoms with Gasteiger partial charge < -0.3 is 19.7 Å². The molecular weight excluding hydrogens is 536 g/mol. The molecule has 0 aromatic rings. The molecule has 5 heteroatoms. The summed E-state index contributed by atoms with van der Waals surface area (Å²) in [5.74, 6) is -0.283. The quantitative estimate of drug-likeness (QED) is 0.0323. The number of hydrogen-bond donors (Lipinski definition) is 2. The van der Waals surface area contributed by atoms with E-state index in [9.17, 15) is 15.0 Å². The summed E-state index contributed by atoms with van der Waals surface area (Å²) in [5.41, 5.74) is 0. The van der Waals surface area contributed by atoms with Crippen molar-refractivity contribution in [2.75, 3.05) is 13.2 Å². The van der Waals surface area contributed by atoms with Crippen LogP contribution in [-0.4, -0.2) is 41.8 Å². The molecule has 0 saturated heterocycles. The number of rotatable bonds is 35. The lowest BCUT2D eigenvalue weighted by Crippen LogP contribution is -2.29. The van der Waals surface area contributed by atoms with Crippen molar-refractivity contribution in [3.8, 4) is 0 Å². The summed E-state index contributed by atoms with van der Waals surface area (Å²) in [7, 11) is 0. The zero-order valence-electron chi connectivity index (χ0n) is 28.8. The van der Waals surface area contributed by atoms with Gasteiger partial charge >= 0.3 is 5.97 Å². The third-order valence-electron chi connectivity index (χ3n) is 8.42. The van der Waals surface area contributed by atoms with Gasteiger partial charge in [0.2, 0.25) is 0 Å². The molecule has 0 heterocycles. The minimum atomic E-state index is -0.866. The average Bonchev–Trinajstić information content (AvgIpc) is 3.01. The molecule has 2 N–H and O–H groups in total. The van der Waals surface area contributed by atoms with Gasteiger partial charge in [-0.15, -0.1) is 0 Å². The number of aliphatic hydroxyl groups excluding tert-OH is 2. The highest BCUT2D eigenvalue weighted by molar-refractivity contribution is 5.69. The normalized spacial score (nSPS) is 13.1. The highest BCUT2D eigenvalue weighted by Gasteiger charge is 2.16. The number of carbonyl (C=O) groups is 1. The predicted molar refractivity (Wildman–Crippen MR) is 183 cm³/mol. The number of carbonyl (C=O) groups excluding carboxylic acids is 1. The van der Waals surface area contributed by atoms with Gasteiger partial charge in [-0.3, -0.25) is 4.79 Å². The van der Waals surface area contributed by atoms with Gasteiger partial charge in [-0.25, -0.2) is 0 Å². The van der Waals surface area contributed by atoms with Crippen molar-refractivity contribution in [3.63, 3.8) is 0 Å². The van der Waals surface area contributed by atoms with Gasteiger partial charge in [-0.2, -0.15) is 0 Å². The Bertz CT molecular complexity index is 579. The molecule has 0 fully saturated rings. The van der Waals surface area contributed by atoms with Crippen molar-refractivity contribution in [2.24, 2.45) is 0 Å². The first kappa shape index (κ1) is 42.1. The molecule has 43 heavy (non-hydrogen) atoms. The maximum Gasteiger partial charge on any atom is 0.306 e. The molecule has 0 aliphatic carbocycles. The number of unbranched alkanes of at least 4 members (excludes halogenated alkanes) is 24. The maximum absolute atomic E-state index is 12.1. The van der Waals surface area contributed by atoms with E-state index in [1.165, 1.54) is 148 Å². The predicted octanol–water partition coefficient (Wildman–Crippen LogP) is 11.1. The number of allylic oxidation sites excluding steroid dienone is 2. The molecule has 5 nitrogen and oxygen atoms in total. The molecular formula is C38H74O5. The van der Waals surface area contributed by atoms with Crippen LogP contribution in [0.1, 0.15) is 200 Å². The summed E-state index contributed by atoms with van der Waals surface area (Å²) in [5, 5.41) is 19.7. The van der Waals surface area contributed by atoms with Crippen LogP contribution in [0.5, 0.6) is 0 Å². The molecule has 0 spiro atoms. The Morgan fingerprint density at radius 3 is 1.47 bits per heavy atom. The molecule has 2 unspecified atom stereocenters. The highest BCUT2D eigenvalue weighted by atomic mass is 16.6. The first-order valence-electron chi connectivity index (χ1n) is 18.9. The Labute approximate surface area is 268 Å². The number of aliphatic hydroxyl groups is 2. The van der Waals surface area contributed by atoms with Crippen molar-refractivity contribution >= 4 is 5.97 Å².